The lowest BCUT2D eigenvalue weighted by Gasteiger charge is -2.04. The third kappa shape index (κ3) is 1.86. The van der Waals surface area contributed by atoms with Crippen LogP contribution in [0, 0.1) is 0 Å². The number of benzene rings is 3. The minimum atomic E-state index is 0.867. The van der Waals surface area contributed by atoms with Gasteiger partial charge < -0.3 is 9.30 Å². The van der Waals surface area contributed by atoms with E-state index in [9.17, 15) is 0 Å². The molecule has 1 heterocycles. The van der Waals surface area contributed by atoms with Gasteiger partial charge in [-0.25, -0.2) is 4.98 Å². The van der Waals surface area contributed by atoms with Crippen molar-refractivity contribution in [3.8, 4) is 17.1 Å². The second-order valence-electron chi connectivity index (χ2n) is 5.38. The summed E-state index contributed by atoms with van der Waals surface area (Å²) >= 11 is 0. The van der Waals surface area contributed by atoms with Gasteiger partial charge in [-0.15, -0.1) is 0 Å². The Bertz CT molecular complexity index is 971. The molecule has 0 unspecified atom stereocenters. The highest BCUT2D eigenvalue weighted by molar-refractivity contribution is 6.05. The molecule has 0 saturated carbocycles. The van der Waals surface area contributed by atoms with E-state index in [1.807, 2.05) is 30.3 Å². The first kappa shape index (κ1) is 12.9. The largest absolute Gasteiger partial charge is 0.497 e. The molecule has 0 aliphatic carbocycles. The van der Waals surface area contributed by atoms with Gasteiger partial charge in [-0.1, -0.05) is 36.4 Å². The molecule has 0 aliphatic heterocycles. The number of aryl methyl sites for hydroxylation is 1. The highest BCUT2D eigenvalue weighted by Gasteiger charge is 2.12. The lowest BCUT2D eigenvalue weighted by atomic mass is 10.1. The maximum Gasteiger partial charge on any atom is 0.140 e. The Morgan fingerprint density at radius 3 is 2.55 bits per heavy atom. The Balaban J connectivity index is 2.03. The fourth-order valence-electron chi connectivity index (χ4n) is 2.94. The highest BCUT2D eigenvalue weighted by atomic mass is 16.5. The summed E-state index contributed by atoms with van der Waals surface area (Å²) in [5.41, 5.74) is 3.29. The van der Waals surface area contributed by atoms with Crippen LogP contribution >= 0.6 is 0 Å². The van der Waals surface area contributed by atoms with Crippen molar-refractivity contribution in [3.63, 3.8) is 0 Å². The Labute approximate surface area is 128 Å². The van der Waals surface area contributed by atoms with Crippen molar-refractivity contribution in [2.24, 2.45) is 7.05 Å². The van der Waals surface area contributed by atoms with E-state index in [1.165, 1.54) is 0 Å². The van der Waals surface area contributed by atoms with Crippen LogP contribution in [-0.4, -0.2) is 16.7 Å². The summed E-state index contributed by atoms with van der Waals surface area (Å²) < 4.78 is 7.45. The Morgan fingerprint density at radius 2 is 1.77 bits per heavy atom. The quantitative estimate of drug-likeness (QED) is 0.546. The van der Waals surface area contributed by atoms with Gasteiger partial charge in [0, 0.05) is 18.0 Å². The summed E-state index contributed by atoms with van der Waals surface area (Å²) in [6.45, 7) is 0. The standard InChI is InChI=1S/C19H16N2O/c1-21-17-11-8-14-12-15(22-2)9-10-16(14)18(17)20-19(21)13-6-4-3-5-7-13/h3-12H,1-2H3. The van der Waals surface area contributed by atoms with Crippen LogP contribution in [0.2, 0.25) is 0 Å². The average molecular weight is 288 g/mol. The number of methoxy groups -OCH3 is 1. The maximum atomic E-state index is 5.31. The number of aromatic nitrogens is 2. The molecule has 3 heteroatoms. The molecule has 4 aromatic rings. The average Bonchev–Trinajstić information content (AvgIpc) is 2.92. The fourth-order valence-corrected chi connectivity index (χ4v) is 2.94. The van der Waals surface area contributed by atoms with E-state index in [-0.39, 0.29) is 0 Å². The van der Waals surface area contributed by atoms with Crippen LogP contribution < -0.4 is 4.74 Å². The number of fused-ring (bicyclic) bond motifs is 3. The zero-order valence-electron chi connectivity index (χ0n) is 12.6. The molecule has 0 radical (unpaired) electrons. The fraction of sp³-hybridized carbons (Fsp3) is 0.105. The summed E-state index contributed by atoms with van der Waals surface area (Å²) in [5.74, 6) is 1.85. The monoisotopic (exact) mass is 288 g/mol. The number of hydrogen-bond acceptors (Lipinski definition) is 2. The van der Waals surface area contributed by atoms with Gasteiger partial charge in [-0.3, -0.25) is 0 Å². The molecular formula is C19H16N2O. The molecule has 1 aromatic heterocycles. The molecule has 4 rings (SSSR count). The van der Waals surface area contributed by atoms with Gasteiger partial charge in [0.15, 0.2) is 0 Å². The predicted molar refractivity (Wildman–Crippen MR) is 90.2 cm³/mol. The predicted octanol–water partition coefficient (Wildman–Crippen LogP) is 4.40. The van der Waals surface area contributed by atoms with E-state index in [0.717, 1.165) is 38.9 Å². The van der Waals surface area contributed by atoms with Crippen LogP contribution in [0.25, 0.3) is 33.2 Å². The zero-order chi connectivity index (χ0) is 15.1. The van der Waals surface area contributed by atoms with Crippen molar-refractivity contribution in [3.05, 3.63) is 60.7 Å². The molecule has 0 N–H and O–H groups in total. The number of imidazole rings is 1. The molecule has 0 aliphatic rings. The van der Waals surface area contributed by atoms with E-state index in [2.05, 4.69) is 41.9 Å². The number of ether oxygens (including phenoxy) is 1. The van der Waals surface area contributed by atoms with Gasteiger partial charge >= 0.3 is 0 Å². The smallest absolute Gasteiger partial charge is 0.140 e. The second-order valence-corrected chi connectivity index (χ2v) is 5.38. The van der Waals surface area contributed by atoms with Gasteiger partial charge in [-0.2, -0.15) is 0 Å². The molecule has 108 valence electrons. The van der Waals surface area contributed by atoms with Crippen molar-refractivity contribution >= 4 is 21.8 Å². The molecule has 0 saturated heterocycles. The van der Waals surface area contributed by atoms with E-state index >= 15 is 0 Å². The normalized spacial score (nSPS) is 11.2. The molecule has 22 heavy (non-hydrogen) atoms. The molecule has 0 fully saturated rings. The van der Waals surface area contributed by atoms with Crippen molar-refractivity contribution < 1.29 is 4.74 Å². The van der Waals surface area contributed by atoms with Crippen molar-refractivity contribution in [1.29, 1.82) is 0 Å². The first-order valence-corrected chi connectivity index (χ1v) is 7.26. The minimum absolute atomic E-state index is 0.867. The van der Waals surface area contributed by atoms with Crippen LogP contribution in [0.3, 0.4) is 0 Å². The van der Waals surface area contributed by atoms with E-state index < -0.39 is 0 Å². The van der Waals surface area contributed by atoms with E-state index in [0.29, 0.717) is 0 Å². The molecule has 0 bridgehead atoms. The third-order valence-electron chi connectivity index (χ3n) is 4.11. The molecule has 0 atom stereocenters. The van der Waals surface area contributed by atoms with Gasteiger partial charge in [0.25, 0.3) is 0 Å². The zero-order valence-corrected chi connectivity index (χ0v) is 12.6. The van der Waals surface area contributed by atoms with Gasteiger partial charge in [0.05, 0.1) is 18.1 Å². The molecule has 3 aromatic carbocycles. The highest BCUT2D eigenvalue weighted by Crippen LogP contribution is 2.30. The third-order valence-corrected chi connectivity index (χ3v) is 4.11. The van der Waals surface area contributed by atoms with Crippen LogP contribution in [-0.2, 0) is 7.05 Å². The van der Waals surface area contributed by atoms with Gasteiger partial charge in [0.2, 0.25) is 0 Å². The van der Waals surface area contributed by atoms with Crippen LogP contribution in [0.1, 0.15) is 0 Å². The Kier molecular flexibility index (Phi) is 2.86. The molecule has 0 spiro atoms. The SMILES string of the molecule is COc1ccc2c(ccc3c2nc(-c2ccccc2)n3C)c1. The van der Waals surface area contributed by atoms with E-state index in [4.69, 9.17) is 9.72 Å². The summed E-state index contributed by atoms with van der Waals surface area (Å²) in [5, 5.41) is 2.29. The minimum Gasteiger partial charge on any atom is -0.497 e. The summed E-state index contributed by atoms with van der Waals surface area (Å²) in [7, 11) is 3.75. The molecule has 3 nitrogen and oxygen atoms in total. The number of hydrogen-bond donors (Lipinski definition) is 0. The van der Waals surface area contributed by atoms with Crippen LogP contribution in [0.5, 0.6) is 5.75 Å². The first-order chi connectivity index (χ1) is 10.8. The maximum absolute atomic E-state index is 5.31. The summed E-state index contributed by atoms with van der Waals surface area (Å²) in [4.78, 5) is 4.89. The van der Waals surface area contributed by atoms with Gasteiger partial charge in [-0.05, 0) is 29.7 Å². The molecular weight excluding hydrogens is 272 g/mol. The summed E-state index contributed by atoms with van der Waals surface area (Å²) in [6, 6.07) is 20.6. The van der Waals surface area contributed by atoms with E-state index in [1.54, 1.807) is 7.11 Å². The first-order valence-electron chi connectivity index (χ1n) is 7.26. The van der Waals surface area contributed by atoms with Crippen molar-refractivity contribution in [1.82, 2.24) is 9.55 Å². The lowest BCUT2D eigenvalue weighted by molar-refractivity contribution is 0.415. The lowest BCUT2D eigenvalue weighted by Crippen LogP contribution is -1.91. The van der Waals surface area contributed by atoms with Crippen molar-refractivity contribution in [2.45, 2.75) is 0 Å². The second kappa shape index (κ2) is 4.88. The Hall–Kier alpha value is -2.81. The topological polar surface area (TPSA) is 27.1 Å². The Morgan fingerprint density at radius 1 is 0.955 bits per heavy atom. The number of rotatable bonds is 2. The van der Waals surface area contributed by atoms with Crippen molar-refractivity contribution in [2.75, 3.05) is 7.11 Å². The van der Waals surface area contributed by atoms with Gasteiger partial charge in [0.1, 0.15) is 11.6 Å². The van der Waals surface area contributed by atoms with Crippen LogP contribution in [0.15, 0.2) is 60.7 Å². The molecule has 0 amide bonds. The van der Waals surface area contributed by atoms with Crippen LogP contribution in [0.4, 0.5) is 0 Å². The summed E-state index contributed by atoms with van der Waals surface area (Å²) in [6.07, 6.45) is 0. The number of nitrogens with zero attached hydrogens (tertiary/aromatic N) is 2.